The summed E-state index contributed by atoms with van der Waals surface area (Å²) in [6.07, 6.45) is 1.29. The zero-order chi connectivity index (χ0) is 15.5. The Bertz CT molecular complexity index is 781. The van der Waals surface area contributed by atoms with Crippen molar-refractivity contribution in [1.82, 2.24) is 9.97 Å². The fourth-order valence-electron chi connectivity index (χ4n) is 1.58. The summed E-state index contributed by atoms with van der Waals surface area (Å²) in [4.78, 5) is 17.6. The van der Waals surface area contributed by atoms with E-state index in [-0.39, 0.29) is 22.4 Å². The molecule has 1 aromatic heterocycles. The summed E-state index contributed by atoms with van der Waals surface area (Å²) in [5.74, 6) is -0.763. The highest BCUT2D eigenvalue weighted by Crippen LogP contribution is 2.20. The molecule has 0 saturated carbocycles. The Balaban J connectivity index is 2.24. The van der Waals surface area contributed by atoms with Gasteiger partial charge >= 0.3 is 0 Å². The van der Waals surface area contributed by atoms with Gasteiger partial charge in [0.15, 0.2) is 0 Å². The Morgan fingerprint density at radius 1 is 1.29 bits per heavy atom. The summed E-state index contributed by atoms with van der Waals surface area (Å²) in [5, 5.41) is 10.9. The molecule has 0 saturated heterocycles. The summed E-state index contributed by atoms with van der Waals surface area (Å²) >= 11 is 5.63. The fraction of sp³-hybridized carbons (Fsp3) is 0.0909. The first-order chi connectivity index (χ1) is 9.87. The average Bonchev–Trinajstić information content (AvgIpc) is 2.37. The highest BCUT2D eigenvalue weighted by molar-refractivity contribution is 7.91. The third-order valence-corrected chi connectivity index (χ3v) is 3.80. The minimum atomic E-state index is -3.90. The molecule has 1 N–H and O–H groups in total. The minimum Gasteiger partial charge on any atom is -0.258 e. The molecule has 0 spiro atoms. The van der Waals surface area contributed by atoms with Crippen molar-refractivity contribution >= 4 is 33.3 Å². The van der Waals surface area contributed by atoms with Crippen molar-refractivity contribution in [3.63, 3.8) is 0 Å². The lowest BCUT2D eigenvalue weighted by Gasteiger charge is -2.07. The van der Waals surface area contributed by atoms with Crippen LogP contribution in [0.4, 0.5) is 11.6 Å². The van der Waals surface area contributed by atoms with E-state index in [1.165, 1.54) is 36.5 Å². The molecule has 0 aliphatic carbocycles. The largest absolute Gasteiger partial charge is 0.273 e. The summed E-state index contributed by atoms with van der Waals surface area (Å²) in [6, 6.07) is 6.98. The van der Waals surface area contributed by atoms with Gasteiger partial charge in [0.1, 0.15) is 10.9 Å². The molecule has 0 aliphatic rings. The van der Waals surface area contributed by atoms with Crippen molar-refractivity contribution in [3.8, 4) is 0 Å². The van der Waals surface area contributed by atoms with Crippen LogP contribution in [0.5, 0.6) is 0 Å². The zero-order valence-electron chi connectivity index (χ0n) is 10.4. The van der Waals surface area contributed by atoms with Crippen LogP contribution in [0, 0.1) is 10.1 Å². The number of nitro groups is 1. The van der Waals surface area contributed by atoms with Crippen molar-refractivity contribution in [1.29, 1.82) is 0 Å². The van der Waals surface area contributed by atoms with Crippen molar-refractivity contribution in [2.45, 2.75) is 5.75 Å². The van der Waals surface area contributed by atoms with Crippen LogP contribution in [-0.2, 0) is 15.8 Å². The molecule has 0 aliphatic heterocycles. The summed E-state index contributed by atoms with van der Waals surface area (Å²) in [6.45, 7) is 0. The van der Waals surface area contributed by atoms with E-state index in [1.54, 1.807) is 0 Å². The standard InChI is InChI=1S/C11H9ClN4O4S/c12-10-5-6-13-11(14-10)15-21(19,20)7-8-3-1-2-4-9(8)16(17)18/h1-6H,7H2,(H,13,14,15). The SMILES string of the molecule is O=[N+]([O-])c1ccccc1CS(=O)(=O)Nc1nccc(Cl)n1. The molecule has 1 aromatic carbocycles. The molecular formula is C11H9ClN4O4S. The molecule has 2 aromatic rings. The van der Waals surface area contributed by atoms with Gasteiger partial charge in [0.2, 0.25) is 16.0 Å². The molecule has 10 heteroatoms. The maximum absolute atomic E-state index is 12.0. The maximum Gasteiger partial charge on any atom is 0.273 e. The summed E-state index contributed by atoms with van der Waals surface area (Å²) in [5.41, 5.74) is -0.202. The number of sulfonamides is 1. The van der Waals surface area contributed by atoms with Crippen LogP contribution in [0.15, 0.2) is 36.5 Å². The summed E-state index contributed by atoms with van der Waals surface area (Å²) < 4.78 is 26.1. The van der Waals surface area contributed by atoms with E-state index < -0.39 is 20.7 Å². The van der Waals surface area contributed by atoms with Crippen molar-refractivity contribution < 1.29 is 13.3 Å². The first kappa shape index (κ1) is 15.1. The van der Waals surface area contributed by atoms with E-state index in [0.717, 1.165) is 0 Å². The predicted molar refractivity (Wildman–Crippen MR) is 76.4 cm³/mol. The number of nitrogens with zero attached hydrogens (tertiary/aromatic N) is 3. The minimum absolute atomic E-state index is 0.0667. The van der Waals surface area contributed by atoms with Crippen molar-refractivity contribution in [2.75, 3.05) is 4.72 Å². The number of nitro benzene ring substituents is 1. The van der Waals surface area contributed by atoms with Crippen LogP contribution in [0.2, 0.25) is 5.15 Å². The van der Waals surface area contributed by atoms with Gasteiger partial charge in [0.25, 0.3) is 5.69 Å². The zero-order valence-corrected chi connectivity index (χ0v) is 12.0. The van der Waals surface area contributed by atoms with Crippen molar-refractivity contribution in [2.24, 2.45) is 0 Å². The van der Waals surface area contributed by atoms with E-state index >= 15 is 0 Å². The molecule has 1 heterocycles. The van der Waals surface area contributed by atoms with E-state index in [9.17, 15) is 18.5 Å². The van der Waals surface area contributed by atoms with Crippen LogP contribution in [0.25, 0.3) is 0 Å². The van der Waals surface area contributed by atoms with E-state index in [2.05, 4.69) is 14.7 Å². The van der Waals surface area contributed by atoms with Gasteiger partial charge in [-0.3, -0.25) is 14.8 Å². The molecule has 0 atom stereocenters. The van der Waals surface area contributed by atoms with Crippen LogP contribution in [-0.4, -0.2) is 23.3 Å². The van der Waals surface area contributed by atoms with Crippen LogP contribution >= 0.6 is 11.6 Å². The number of anilines is 1. The van der Waals surface area contributed by atoms with Gasteiger partial charge in [-0.15, -0.1) is 0 Å². The quantitative estimate of drug-likeness (QED) is 0.509. The molecule has 2 rings (SSSR count). The lowest BCUT2D eigenvalue weighted by Crippen LogP contribution is -2.17. The molecule has 0 radical (unpaired) electrons. The van der Waals surface area contributed by atoms with Gasteiger partial charge in [0, 0.05) is 17.8 Å². The van der Waals surface area contributed by atoms with Gasteiger partial charge in [-0.25, -0.2) is 18.4 Å². The van der Waals surface area contributed by atoms with E-state index in [4.69, 9.17) is 11.6 Å². The maximum atomic E-state index is 12.0. The van der Waals surface area contributed by atoms with Crippen LogP contribution < -0.4 is 4.72 Å². The Hall–Kier alpha value is -2.26. The number of halogens is 1. The highest BCUT2D eigenvalue weighted by Gasteiger charge is 2.20. The van der Waals surface area contributed by atoms with Crippen LogP contribution in [0.1, 0.15) is 5.56 Å². The Morgan fingerprint density at radius 3 is 2.67 bits per heavy atom. The third kappa shape index (κ3) is 4.10. The number of para-hydroxylation sites is 1. The van der Waals surface area contributed by atoms with Gasteiger partial charge in [-0.2, -0.15) is 0 Å². The van der Waals surface area contributed by atoms with Crippen LogP contribution in [0.3, 0.4) is 0 Å². The number of benzene rings is 1. The Morgan fingerprint density at radius 2 is 2.00 bits per heavy atom. The number of rotatable bonds is 5. The number of hydrogen-bond donors (Lipinski definition) is 1. The van der Waals surface area contributed by atoms with Gasteiger partial charge < -0.3 is 0 Å². The molecule has 0 bridgehead atoms. The molecule has 110 valence electrons. The molecule has 21 heavy (non-hydrogen) atoms. The Labute approximate surface area is 125 Å². The second-order valence-electron chi connectivity index (χ2n) is 3.95. The second-order valence-corrected chi connectivity index (χ2v) is 6.06. The predicted octanol–water partition coefficient (Wildman–Crippen LogP) is 1.98. The monoisotopic (exact) mass is 328 g/mol. The smallest absolute Gasteiger partial charge is 0.258 e. The van der Waals surface area contributed by atoms with Crippen molar-refractivity contribution in [3.05, 3.63) is 57.4 Å². The summed E-state index contributed by atoms with van der Waals surface area (Å²) in [7, 11) is -3.90. The lowest BCUT2D eigenvalue weighted by atomic mass is 10.2. The van der Waals surface area contributed by atoms with Gasteiger partial charge in [0.05, 0.1) is 4.92 Å². The lowest BCUT2D eigenvalue weighted by molar-refractivity contribution is -0.385. The molecule has 8 nitrogen and oxygen atoms in total. The average molecular weight is 329 g/mol. The van der Waals surface area contributed by atoms with Gasteiger partial charge in [-0.05, 0) is 6.07 Å². The van der Waals surface area contributed by atoms with Gasteiger partial charge in [-0.1, -0.05) is 29.8 Å². The first-order valence-corrected chi connectivity index (χ1v) is 7.62. The van der Waals surface area contributed by atoms with E-state index in [0.29, 0.717) is 0 Å². The first-order valence-electron chi connectivity index (χ1n) is 5.59. The van der Waals surface area contributed by atoms with E-state index in [1.807, 2.05) is 0 Å². The fourth-order valence-corrected chi connectivity index (χ4v) is 2.82. The normalized spacial score (nSPS) is 11.1. The number of hydrogen-bond acceptors (Lipinski definition) is 6. The second kappa shape index (κ2) is 6.02. The Kier molecular flexibility index (Phi) is 4.34. The number of nitrogens with one attached hydrogen (secondary N) is 1. The topological polar surface area (TPSA) is 115 Å². The third-order valence-electron chi connectivity index (χ3n) is 2.40. The molecule has 0 fully saturated rings. The molecule has 0 unspecified atom stereocenters. The highest BCUT2D eigenvalue weighted by atomic mass is 35.5. The molecular weight excluding hydrogens is 320 g/mol. The number of aromatic nitrogens is 2. The molecule has 0 amide bonds.